The number of rotatable bonds is 6. The van der Waals surface area contributed by atoms with E-state index in [-0.39, 0.29) is 35.7 Å². The molecule has 2 aromatic carbocycles. The standard InChI is InChI=1S/C20H13ClF2N4O3/c1-10(28)9-29-19-16-17(12-4-2-3-5-13(12)21)26-27-18(16)24-20(25-19)30-15-7-6-11(22)8-14(15)23/h2-8H,9H2,1H3,(H,24,25,26,27). The number of ketones is 1. The Kier molecular flexibility index (Phi) is 5.28. The number of hydrogen-bond donors (Lipinski definition) is 1. The summed E-state index contributed by atoms with van der Waals surface area (Å²) < 4.78 is 38.0. The smallest absolute Gasteiger partial charge is 0.327 e. The molecule has 7 nitrogen and oxygen atoms in total. The van der Waals surface area contributed by atoms with Crippen molar-refractivity contribution in [3.8, 4) is 28.9 Å². The number of ether oxygens (including phenoxy) is 2. The predicted molar refractivity (Wildman–Crippen MR) is 105 cm³/mol. The van der Waals surface area contributed by atoms with E-state index < -0.39 is 11.6 Å². The van der Waals surface area contributed by atoms with Gasteiger partial charge in [-0.2, -0.15) is 15.1 Å². The third kappa shape index (κ3) is 3.92. The van der Waals surface area contributed by atoms with Crippen molar-refractivity contribution in [2.45, 2.75) is 6.92 Å². The number of hydrogen-bond acceptors (Lipinski definition) is 6. The SMILES string of the molecule is CC(=O)COc1nc(Oc2ccc(F)cc2F)nc2n[nH]c(-c3ccccc3Cl)c12. The van der Waals surface area contributed by atoms with Gasteiger partial charge in [0.1, 0.15) is 17.8 Å². The summed E-state index contributed by atoms with van der Waals surface area (Å²) >= 11 is 6.28. The molecule has 0 unspecified atom stereocenters. The zero-order chi connectivity index (χ0) is 21.3. The van der Waals surface area contributed by atoms with Crippen LogP contribution in [0.25, 0.3) is 22.3 Å². The minimum atomic E-state index is -0.927. The number of Topliss-reactive ketones (excluding diaryl/α,β-unsaturated/α-hetero) is 1. The van der Waals surface area contributed by atoms with Crippen LogP contribution < -0.4 is 9.47 Å². The largest absolute Gasteiger partial charge is 0.469 e. The van der Waals surface area contributed by atoms with E-state index >= 15 is 0 Å². The van der Waals surface area contributed by atoms with Gasteiger partial charge in [0.15, 0.2) is 23.0 Å². The first-order chi connectivity index (χ1) is 14.4. The van der Waals surface area contributed by atoms with Gasteiger partial charge < -0.3 is 9.47 Å². The maximum absolute atomic E-state index is 13.9. The molecule has 0 fully saturated rings. The molecule has 0 spiro atoms. The first-order valence-electron chi connectivity index (χ1n) is 8.68. The van der Waals surface area contributed by atoms with Crippen LogP contribution in [-0.2, 0) is 4.79 Å². The van der Waals surface area contributed by atoms with Crippen molar-refractivity contribution in [2.75, 3.05) is 6.61 Å². The Labute approximate surface area is 173 Å². The van der Waals surface area contributed by atoms with Crippen molar-refractivity contribution in [1.82, 2.24) is 20.2 Å². The minimum Gasteiger partial charge on any atom is -0.469 e. The Bertz CT molecular complexity index is 1260. The van der Waals surface area contributed by atoms with Crippen molar-refractivity contribution in [3.63, 3.8) is 0 Å². The highest BCUT2D eigenvalue weighted by molar-refractivity contribution is 6.33. The van der Waals surface area contributed by atoms with Gasteiger partial charge in [0.2, 0.25) is 5.88 Å². The highest BCUT2D eigenvalue weighted by Crippen LogP contribution is 2.36. The number of fused-ring (bicyclic) bond motifs is 1. The third-order valence-electron chi connectivity index (χ3n) is 4.01. The maximum Gasteiger partial charge on any atom is 0.327 e. The molecule has 0 aliphatic carbocycles. The van der Waals surface area contributed by atoms with E-state index in [1.165, 1.54) is 6.92 Å². The van der Waals surface area contributed by atoms with Gasteiger partial charge >= 0.3 is 6.01 Å². The number of carbonyl (C=O) groups is 1. The van der Waals surface area contributed by atoms with Gasteiger partial charge in [0, 0.05) is 16.7 Å². The lowest BCUT2D eigenvalue weighted by Gasteiger charge is -2.09. The number of carbonyl (C=O) groups excluding carboxylic acids is 1. The molecule has 4 rings (SSSR count). The molecule has 0 radical (unpaired) electrons. The number of aromatic nitrogens is 4. The van der Waals surface area contributed by atoms with E-state index in [4.69, 9.17) is 21.1 Å². The molecule has 2 heterocycles. The first kappa shape index (κ1) is 19.7. The molecule has 0 bridgehead atoms. The van der Waals surface area contributed by atoms with Crippen LogP contribution in [0, 0.1) is 11.6 Å². The second-order valence-electron chi connectivity index (χ2n) is 6.26. The molecule has 1 N–H and O–H groups in total. The van der Waals surface area contributed by atoms with Gasteiger partial charge in [-0.05, 0) is 25.1 Å². The Morgan fingerprint density at radius 1 is 1.17 bits per heavy atom. The van der Waals surface area contributed by atoms with E-state index in [2.05, 4.69) is 20.2 Å². The lowest BCUT2D eigenvalue weighted by Crippen LogP contribution is -2.09. The summed E-state index contributed by atoms with van der Waals surface area (Å²) in [4.78, 5) is 19.7. The van der Waals surface area contributed by atoms with Crippen LogP contribution in [-0.4, -0.2) is 32.6 Å². The van der Waals surface area contributed by atoms with Gasteiger partial charge in [0.05, 0.1) is 5.69 Å². The topological polar surface area (TPSA) is 90.0 Å². The molecule has 0 saturated heterocycles. The second kappa shape index (κ2) is 8.03. The fraction of sp³-hybridized carbons (Fsp3) is 0.100. The zero-order valence-electron chi connectivity index (χ0n) is 15.4. The molecule has 4 aromatic rings. The first-order valence-corrected chi connectivity index (χ1v) is 9.06. The molecule has 30 heavy (non-hydrogen) atoms. The van der Waals surface area contributed by atoms with Gasteiger partial charge in [0.25, 0.3) is 0 Å². The summed E-state index contributed by atoms with van der Waals surface area (Å²) in [5.74, 6) is -2.20. The number of H-pyrrole nitrogens is 1. The molecule has 0 amide bonds. The molecule has 2 aromatic heterocycles. The van der Waals surface area contributed by atoms with E-state index in [0.29, 0.717) is 27.7 Å². The van der Waals surface area contributed by atoms with Gasteiger partial charge in [-0.3, -0.25) is 9.89 Å². The van der Waals surface area contributed by atoms with Crippen LogP contribution in [0.3, 0.4) is 0 Å². The van der Waals surface area contributed by atoms with Crippen molar-refractivity contribution >= 4 is 28.4 Å². The zero-order valence-corrected chi connectivity index (χ0v) is 16.2. The summed E-state index contributed by atoms with van der Waals surface area (Å²) in [5, 5.41) is 7.78. The number of nitrogens with one attached hydrogen (secondary N) is 1. The number of halogens is 3. The Morgan fingerprint density at radius 2 is 1.97 bits per heavy atom. The van der Waals surface area contributed by atoms with Gasteiger partial charge in [-0.1, -0.05) is 29.8 Å². The maximum atomic E-state index is 13.9. The monoisotopic (exact) mass is 430 g/mol. The van der Waals surface area contributed by atoms with Crippen molar-refractivity contribution < 1.29 is 23.0 Å². The van der Waals surface area contributed by atoms with Crippen molar-refractivity contribution in [1.29, 1.82) is 0 Å². The predicted octanol–water partition coefficient (Wildman–Crippen LogP) is 4.71. The fourth-order valence-electron chi connectivity index (χ4n) is 2.71. The lowest BCUT2D eigenvalue weighted by molar-refractivity contribution is -0.118. The van der Waals surface area contributed by atoms with Gasteiger partial charge in [-0.25, -0.2) is 8.78 Å². The van der Waals surface area contributed by atoms with Crippen LogP contribution in [0.1, 0.15) is 6.92 Å². The molecular weight excluding hydrogens is 418 g/mol. The van der Waals surface area contributed by atoms with Crippen LogP contribution in [0.2, 0.25) is 5.02 Å². The minimum absolute atomic E-state index is 0.00334. The molecule has 0 aliphatic rings. The Hall–Kier alpha value is -3.59. The second-order valence-corrected chi connectivity index (χ2v) is 6.66. The molecule has 0 saturated carbocycles. The van der Waals surface area contributed by atoms with E-state index in [9.17, 15) is 13.6 Å². The summed E-state index contributed by atoms with van der Waals surface area (Å²) in [6.07, 6.45) is 0. The number of aromatic amines is 1. The fourth-order valence-corrected chi connectivity index (χ4v) is 2.94. The van der Waals surface area contributed by atoms with Crippen molar-refractivity contribution in [2.24, 2.45) is 0 Å². The van der Waals surface area contributed by atoms with E-state index in [1.54, 1.807) is 24.3 Å². The van der Waals surface area contributed by atoms with Crippen LogP contribution >= 0.6 is 11.6 Å². The average molecular weight is 431 g/mol. The Morgan fingerprint density at radius 3 is 2.70 bits per heavy atom. The molecule has 0 atom stereocenters. The Balaban J connectivity index is 1.83. The summed E-state index contributed by atoms with van der Waals surface area (Å²) in [6.45, 7) is 1.09. The van der Waals surface area contributed by atoms with Crippen molar-refractivity contribution in [3.05, 3.63) is 59.1 Å². The highest BCUT2D eigenvalue weighted by atomic mass is 35.5. The molecule has 0 aliphatic heterocycles. The van der Waals surface area contributed by atoms with Crippen LogP contribution in [0.4, 0.5) is 8.78 Å². The quantitative estimate of drug-likeness (QED) is 0.476. The third-order valence-corrected chi connectivity index (χ3v) is 4.34. The summed E-state index contributed by atoms with van der Waals surface area (Å²) in [6, 6.07) is 9.56. The summed E-state index contributed by atoms with van der Waals surface area (Å²) in [5.41, 5.74) is 1.25. The molecule has 152 valence electrons. The van der Waals surface area contributed by atoms with Crippen LogP contribution in [0.5, 0.6) is 17.6 Å². The number of nitrogens with zero attached hydrogens (tertiary/aromatic N) is 3. The molecular formula is C20H13ClF2N4O3. The van der Waals surface area contributed by atoms with E-state index in [0.717, 1.165) is 12.1 Å². The average Bonchev–Trinajstić information content (AvgIpc) is 3.12. The van der Waals surface area contributed by atoms with E-state index in [1.807, 2.05) is 0 Å². The number of benzene rings is 2. The van der Waals surface area contributed by atoms with Crippen LogP contribution in [0.15, 0.2) is 42.5 Å². The molecule has 10 heteroatoms. The lowest BCUT2D eigenvalue weighted by atomic mass is 10.1. The summed E-state index contributed by atoms with van der Waals surface area (Å²) in [7, 11) is 0. The van der Waals surface area contributed by atoms with Gasteiger partial charge in [-0.15, -0.1) is 0 Å². The highest BCUT2D eigenvalue weighted by Gasteiger charge is 2.21. The normalized spacial score (nSPS) is 10.9.